The van der Waals surface area contributed by atoms with Crippen molar-refractivity contribution < 1.29 is 18.0 Å². The number of pyridine rings is 1. The Morgan fingerprint density at radius 1 is 1.43 bits per heavy atom. The third kappa shape index (κ3) is 3.92. The number of carbonyl (C=O) groups excluding carboxylic acids is 1. The Kier molecular flexibility index (Phi) is 4.79. The van der Waals surface area contributed by atoms with Crippen LogP contribution in [-0.4, -0.2) is 23.0 Å². The molecule has 1 atom stereocenters. The van der Waals surface area contributed by atoms with Gasteiger partial charge in [0.15, 0.2) is 0 Å². The number of hydrogen-bond acceptors (Lipinski definition) is 3. The van der Waals surface area contributed by atoms with Crippen molar-refractivity contribution in [2.24, 2.45) is 0 Å². The minimum Gasteiger partial charge on any atom is -0.327 e. The second kappa shape index (κ2) is 6.45. The molecule has 0 fully saturated rings. The van der Waals surface area contributed by atoms with Crippen LogP contribution in [0.4, 0.5) is 23.7 Å². The Hall–Kier alpha value is -2.29. The maximum atomic E-state index is 12.7. The lowest BCUT2D eigenvalue weighted by Crippen LogP contribution is -2.35. The summed E-state index contributed by atoms with van der Waals surface area (Å²) in [7, 11) is 1.50. The number of nitrogens with one attached hydrogen (secondary N) is 2. The number of hydrogen-bond donors (Lipinski definition) is 2. The molecule has 5 nitrogen and oxygen atoms in total. The first-order valence-corrected chi connectivity index (χ1v) is 7.45. The van der Waals surface area contributed by atoms with E-state index in [1.54, 1.807) is 6.92 Å². The number of carbonyl (C=O) groups is 1. The van der Waals surface area contributed by atoms with Gasteiger partial charge >= 0.3 is 12.2 Å². The van der Waals surface area contributed by atoms with E-state index in [0.29, 0.717) is 12.3 Å². The highest BCUT2D eigenvalue weighted by atomic mass is 32.1. The molecule has 9 heteroatoms. The average molecular weight is 345 g/mol. The van der Waals surface area contributed by atoms with Gasteiger partial charge in [0, 0.05) is 18.1 Å². The van der Waals surface area contributed by atoms with Gasteiger partial charge in [-0.2, -0.15) is 13.2 Å². The number of halogens is 3. The lowest BCUT2D eigenvalue weighted by Gasteiger charge is -2.24. The van der Waals surface area contributed by atoms with Crippen LogP contribution >= 0.6 is 11.3 Å². The van der Waals surface area contributed by atoms with Gasteiger partial charge in [0.2, 0.25) is 0 Å². The first-order valence-electron chi connectivity index (χ1n) is 6.57. The number of anilines is 1. The Labute approximate surface area is 133 Å². The average Bonchev–Trinajstić information content (AvgIpc) is 3.00. The summed E-state index contributed by atoms with van der Waals surface area (Å²) < 4.78 is 38.0. The summed E-state index contributed by atoms with van der Waals surface area (Å²) in [6.45, 7) is 1.78. The van der Waals surface area contributed by atoms with Gasteiger partial charge in [0.1, 0.15) is 5.69 Å². The second-order valence-corrected chi connectivity index (χ2v) is 5.84. The molecule has 0 bridgehead atoms. The molecular weight excluding hydrogens is 331 g/mol. The van der Waals surface area contributed by atoms with Gasteiger partial charge in [-0.1, -0.05) is 6.07 Å². The largest absolute Gasteiger partial charge is 0.417 e. The first-order chi connectivity index (χ1) is 10.7. The second-order valence-electron chi connectivity index (χ2n) is 4.86. The van der Waals surface area contributed by atoms with Crippen molar-refractivity contribution in [1.82, 2.24) is 9.88 Å². The molecule has 0 aliphatic rings. The molecule has 124 valence electrons. The van der Waals surface area contributed by atoms with Crippen molar-refractivity contribution in [2.45, 2.75) is 19.1 Å². The summed E-state index contributed by atoms with van der Waals surface area (Å²) in [5.41, 5.74) is -2.29. The lowest BCUT2D eigenvalue weighted by atomic mass is 10.2. The SMILES string of the molecule is C[C@@H](c1cccs1)N(C)C(=O)Nc1cc(C(F)(F)F)c[nH]c1=O. The third-order valence-electron chi connectivity index (χ3n) is 3.33. The normalized spacial score (nSPS) is 12.7. The molecule has 0 aliphatic heterocycles. The van der Waals surface area contributed by atoms with E-state index in [2.05, 4.69) is 5.32 Å². The Bertz CT molecular complexity index is 740. The predicted molar refractivity (Wildman–Crippen MR) is 81.6 cm³/mol. The number of urea groups is 1. The van der Waals surface area contributed by atoms with E-state index in [9.17, 15) is 22.8 Å². The van der Waals surface area contributed by atoms with E-state index >= 15 is 0 Å². The zero-order valence-corrected chi connectivity index (χ0v) is 13.1. The number of nitrogens with zero attached hydrogens (tertiary/aromatic N) is 1. The van der Waals surface area contributed by atoms with E-state index in [1.807, 2.05) is 22.5 Å². The van der Waals surface area contributed by atoms with Crippen molar-refractivity contribution in [2.75, 3.05) is 12.4 Å². The molecule has 0 unspecified atom stereocenters. The summed E-state index contributed by atoms with van der Waals surface area (Å²) in [5.74, 6) is 0. The molecule has 2 aromatic rings. The summed E-state index contributed by atoms with van der Waals surface area (Å²) in [5, 5.41) is 4.07. The van der Waals surface area contributed by atoms with Crippen LogP contribution in [0.3, 0.4) is 0 Å². The molecule has 0 aliphatic carbocycles. The third-order valence-corrected chi connectivity index (χ3v) is 4.37. The zero-order chi connectivity index (χ0) is 17.2. The lowest BCUT2D eigenvalue weighted by molar-refractivity contribution is -0.137. The zero-order valence-electron chi connectivity index (χ0n) is 12.3. The fourth-order valence-corrected chi connectivity index (χ4v) is 2.67. The number of alkyl halides is 3. The molecule has 0 spiro atoms. The molecule has 0 saturated heterocycles. The molecule has 2 aromatic heterocycles. The van der Waals surface area contributed by atoms with Gasteiger partial charge in [0.05, 0.1) is 11.6 Å². The van der Waals surface area contributed by atoms with Crippen LogP contribution in [0, 0.1) is 0 Å². The number of amides is 2. The minimum atomic E-state index is -4.61. The number of rotatable bonds is 3. The number of aromatic nitrogens is 1. The molecule has 0 saturated carbocycles. The topological polar surface area (TPSA) is 65.2 Å². The number of aromatic amines is 1. The molecule has 0 radical (unpaired) electrons. The highest BCUT2D eigenvalue weighted by molar-refractivity contribution is 7.10. The Morgan fingerprint density at radius 2 is 2.13 bits per heavy atom. The Balaban J connectivity index is 2.18. The standard InChI is InChI=1S/C14H14F3N3O2S/c1-8(11-4-3-5-23-11)20(2)13(22)19-10-6-9(14(15,16)17)7-18-12(10)21/h3-8H,1-2H3,(H,18,21)(H,19,22)/t8-/m0/s1. The van der Waals surface area contributed by atoms with Crippen LogP contribution in [-0.2, 0) is 6.18 Å². The van der Waals surface area contributed by atoms with E-state index in [4.69, 9.17) is 0 Å². The van der Waals surface area contributed by atoms with Crippen molar-refractivity contribution in [3.8, 4) is 0 Å². The van der Waals surface area contributed by atoms with Gasteiger partial charge in [-0.3, -0.25) is 4.79 Å². The summed E-state index contributed by atoms with van der Waals surface area (Å²) in [6.07, 6.45) is -4.05. The van der Waals surface area contributed by atoms with Crippen molar-refractivity contribution in [1.29, 1.82) is 0 Å². The fourth-order valence-electron chi connectivity index (χ4n) is 1.84. The van der Waals surface area contributed by atoms with Gasteiger partial charge in [0.25, 0.3) is 5.56 Å². The van der Waals surface area contributed by atoms with E-state index < -0.39 is 29.0 Å². The highest BCUT2D eigenvalue weighted by Gasteiger charge is 2.31. The van der Waals surface area contributed by atoms with Crippen molar-refractivity contribution in [3.63, 3.8) is 0 Å². The molecule has 2 N–H and O–H groups in total. The van der Waals surface area contributed by atoms with E-state index in [0.717, 1.165) is 4.88 Å². The number of H-pyrrole nitrogens is 1. The monoisotopic (exact) mass is 345 g/mol. The minimum absolute atomic E-state index is 0.278. The van der Waals surface area contributed by atoms with Crippen LogP contribution in [0.15, 0.2) is 34.6 Å². The number of thiophene rings is 1. The quantitative estimate of drug-likeness (QED) is 0.891. The van der Waals surface area contributed by atoms with Crippen LogP contribution < -0.4 is 10.9 Å². The predicted octanol–water partition coefficient (Wildman–Crippen LogP) is 3.68. The van der Waals surface area contributed by atoms with Gasteiger partial charge in [-0.05, 0) is 24.4 Å². The van der Waals surface area contributed by atoms with Gasteiger partial charge in [-0.25, -0.2) is 4.79 Å². The smallest absolute Gasteiger partial charge is 0.327 e. The van der Waals surface area contributed by atoms with Gasteiger partial charge in [-0.15, -0.1) is 11.3 Å². The Morgan fingerprint density at radius 3 is 2.70 bits per heavy atom. The van der Waals surface area contributed by atoms with Crippen molar-refractivity contribution in [3.05, 3.63) is 50.6 Å². The van der Waals surface area contributed by atoms with Gasteiger partial charge < -0.3 is 15.2 Å². The summed E-state index contributed by atoms with van der Waals surface area (Å²) in [4.78, 5) is 27.9. The molecule has 2 heterocycles. The molecule has 0 aromatic carbocycles. The highest BCUT2D eigenvalue weighted by Crippen LogP contribution is 2.29. The van der Waals surface area contributed by atoms with E-state index in [1.165, 1.54) is 23.3 Å². The summed E-state index contributed by atoms with van der Waals surface area (Å²) >= 11 is 1.45. The molecular formula is C14H14F3N3O2S. The summed E-state index contributed by atoms with van der Waals surface area (Å²) in [6, 6.07) is 3.34. The molecule has 2 rings (SSSR count). The maximum Gasteiger partial charge on any atom is 0.417 e. The van der Waals surface area contributed by atoms with E-state index in [-0.39, 0.29) is 6.04 Å². The van der Waals surface area contributed by atoms with Crippen LogP contribution in [0.1, 0.15) is 23.4 Å². The fraction of sp³-hybridized carbons (Fsp3) is 0.286. The van der Waals surface area contributed by atoms with Crippen LogP contribution in [0.5, 0.6) is 0 Å². The first kappa shape index (κ1) is 17.1. The maximum absolute atomic E-state index is 12.7. The van der Waals surface area contributed by atoms with Crippen LogP contribution in [0.2, 0.25) is 0 Å². The molecule has 2 amide bonds. The van der Waals surface area contributed by atoms with Crippen molar-refractivity contribution >= 4 is 23.1 Å². The van der Waals surface area contributed by atoms with Crippen LogP contribution in [0.25, 0.3) is 0 Å². The molecule has 23 heavy (non-hydrogen) atoms.